The zero-order valence-corrected chi connectivity index (χ0v) is 12.0. The van der Waals surface area contributed by atoms with Crippen LogP contribution in [0.25, 0.3) is 0 Å². The normalized spacial score (nSPS) is 9.81. The maximum absolute atomic E-state index is 13.8. The summed E-state index contributed by atoms with van der Waals surface area (Å²) >= 11 is 1.62. The third-order valence-electron chi connectivity index (χ3n) is 2.76. The molecule has 0 radical (unpaired) electrons. The van der Waals surface area contributed by atoms with Crippen molar-refractivity contribution in [3.8, 4) is 11.8 Å². The topological polar surface area (TPSA) is 49.3 Å². The van der Waals surface area contributed by atoms with Crippen LogP contribution in [0, 0.1) is 17.7 Å². The van der Waals surface area contributed by atoms with E-state index in [9.17, 15) is 9.18 Å². The Morgan fingerprint density at radius 2 is 2.24 bits per heavy atom. The van der Waals surface area contributed by atoms with E-state index in [0.29, 0.717) is 12.1 Å². The predicted molar refractivity (Wildman–Crippen MR) is 80.7 cm³/mol. The summed E-state index contributed by atoms with van der Waals surface area (Å²) in [6.45, 7) is 0.178. The zero-order chi connectivity index (χ0) is 15.1. The van der Waals surface area contributed by atoms with Gasteiger partial charge in [-0.1, -0.05) is 17.9 Å². The van der Waals surface area contributed by atoms with Crippen LogP contribution in [0.15, 0.2) is 35.7 Å². The SMILES string of the molecule is O=C(NCCc1cccs1)c1ccc(C#CCO)cc1F. The number of thiophene rings is 1. The molecule has 1 amide bonds. The lowest BCUT2D eigenvalue weighted by Crippen LogP contribution is -2.26. The summed E-state index contributed by atoms with van der Waals surface area (Å²) < 4.78 is 13.8. The van der Waals surface area contributed by atoms with E-state index >= 15 is 0 Å². The van der Waals surface area contributed by atoms with E-state index in [1.807, 2.05) is 17.5 Å². The Balaban J connectivity index is 1.95. The molecule has 3 nitrogen and oxygen atoms in total. The summed E-state index contributed by atoms with van der Waals surface area (Å²) in [5.74, 6) is 3.97. The molecule has 0 saturated heterocycles. The van der Waals surface area contributed by atoms with E-state index in [-0.39, 0.29) is 12.2 Å². The summed E-state index contributed by atoms with van der Waals surface area (Å²) in [6.07, 6.45) is 0.727. The third-order valence-corrected chi connectivity index (χ3v) is 3.70. The second-order valence-electron chi connectivity index (χ2n) is 4.24. The highest BCUT2D eigenvalue weighted by atomic mass is 32.1. The van der Waals surface area contributed by atoms with E-state index in [0.717, 1.165) is 6.42 Å². The predicted octanol–water partition coefficient (Wildman–Crippen LogP) is 2.20. The number of carbonyl (C=O) groups excluding carboxylic acids is 1. The lowest BCUT2D eigenvalue weighted by atomic mass is 10.1. The molecule has 0 fully saturated rings. The van der Waals surface area contributed by atoms with Gasteiger partial charge in [0.2, 0.25) is 0 Å². The minimum absolute atomic E-state index is 0.00396. The van der Waals surface area contributed by atoms with Gasteiger partial charge in [-0.05, 0) is 36.1 Å². The highest BCUT2D eigenvalue weighted by molar-refractivity contribution is 7.09. The second kappa shape index (κ2) is 7.58. The van der Waals surface area contributed by atoms with Crippen molar-refractivity contribution in [3.05, 3.63) is 57.5 Å². The van der Waals surface area contributed by atoms with Gasteiger partial charge in [-0.15, -0.1) is 11.3 Å². The Hall–Kier alpha value is -2.16. The van der Waals surface area contributed by atoms with Crippen molar-refractivity contribution < 1.29 is 14.3 Å². The largest absolute Gasteiger partial charge is 0.384 e. The summed E-state index contributed by atoms with van der Waals surface area (Å²) in [6, 6.07) is 8.09. The van der Waals surface area contributed by atoms with E-state index in [1.54, 1.807) is 17.4 Å². The van der Waals surface area contributed by atoms with E-state index < -0.39 is 11.7 Å². The number of benzene rings is 1. The van der Waals surface area contributed by atoms with E-state index in [2.05, 4.69) is 17.2 Å². The van der Waals surface area contributed by atoms with Crippen LogP contribution >= 0.6 is 11.3 Å². The van der Waals surface area contributed by atoms with Gasteiger partial charge in [-0.2, -0.15) is 0 Å². The van der Waals surface area contributed by atoms with Crippen molar-refractivity contribution in [3.63, 3.8) is 0 Å². The van der Waals surface area contributed by atoms with Crippen LogP contribution in [0.4, 0.5) is 4.39 Å². The van der Waals surface area contributed by atoms with Crippen molar-refractivity contribution in [2.75, 3.05) is 13.2 Å². The molecule has 1 heterocycles. The monoisotopic (exact) mass is 303 g/mol. The first-order valence-corrected chi connectivity index (χ1v) is 7.28. The van der Waals surface area contributed by atoms with Crippen LogP contribution in [0.3, 0.4) is 0 Å². The molecule has 0 bridgehead atoms. The number of carbonyl (C=O) groups is 1. The van der Waals surface area contributed by atoms with Crippen LogP contribution in [0.5, 0.6) is 0 Å². The number of nitrogens with one attached hydrogen (secondary N) is 1. The molecule has 0 spiro atoms. The molecule has 21 heavy (non-hydrogen) atoms. The molecular weight excluding hydrogens is 289 g/mol. The Kier molecular flexibility index (Phi) is 5.50. The molecular formula is C16H14FNO2S. The van der Waals surface area contributed by atoms with Gasteiger partial charge in [-0.3, -0.25) is 4.79 Å². The van der Waals surface area contributed by atoms with Gasteiger partial charge >= 0.3 is 0 Å². The van der Waals surface area contributed by atoms with Crippen molar-refractivity contribution in [2.24, 2.45) is 0 Å². The smallest absolute Gasteiger partial charge is 0.254 e. The number of aliphatic hydroxyl groups excluding tert-OH is 1. The van der Waals surface area contributed by atoms with Crippen LogP contribution < -0.4 is 5.32 Å². The summed E-state index contributed by atoms with van der Waals surface area (Å²) in [4.78, 5) is 13.1. The molecule has 1 aromatic heterocycles. The van der Waals surface area contributed by atoms with Crippen LogP contribution in [0.1, 0.15) is 20.8 Å². The quantitative estimate of drug-likeness (QED) is 0.851. The molecule has 2 N–H and O–H groups in total. The van der Waals surface area contributed by atoms with Crippen molar-refractivity contribution >= 4 is 17.2 Å². The third kappa shape index (κ3) is 4.42. The zero-order valence-electron chi connectivity index (χ0n) is 11.2. The molecule has 2 rings (SSSR count). The molecule has 2 aromatic rings. The average Bonchev–Trinajstić information content (AvgIpc) is 2.98. The Labute approximate surface area is 126 Å². The molecule has 5 heteroatoms. The number of hydrogen-bond donors (Lipinski definition) is 2. The Morgan fingerprint density at radius 1 is 1.38 bits per heavy atom. The number of hydrogen-bond acceptors (Lipinski definition) is 3. The molecule has 0 aliphatic rings. The van der Waals surface area contributed by atoms with Crippen LogP contribution in [-0.4, -0.2) is 24.2 Å². The first kappa shape index (κ1) is 15.2. The van der Waals surface area contributed by atoms with Crippen molar-refractivity contribution in [1.29, 1.82) is 0 Å². The fraction of sp³-hybridized carbons (Fsp3) is 0.188. The van der Waals surface area contributed by atoms with E-state index in [1.165, 1.54) is 17.0 Å². The van der Waals surface area contributed by atoms with Crippen molar-refractivity contribution in [2.45, 2.75) is 6.42 Å². The first-order valence-electron chi connectivity index (χ1n) is 6.40. The molecule has 0 aliphatic carbocycles. The van der Waals surface area contributed by atoms with Gasteiger partial charge in [0, 0.05) is 17.0 Å². The molecule has 0 unspecified atom stereocenters. The number of halogens is 1. The number of aliphatic hydroxyl groups is 1. The molecule has 0 aliphatic heterocycles. The van der Waals surface area contributed by atoms with Gasteiger partial charge in [0.15, 0.2) is 0 Å². The number of amides is 1. The number of rotatable bonds is 4. The van der Waals surface area contributed by atoms with Gasteiger partial charge < -0.3 is 10.4 Å². The summed E-state index contributed by atoms with van der Waals surface area (Å²) in [7, 11) is 0. The molecule has 0 saturated carbocycles. The standard InChI is InChI=1S/C16H14FNO2S/c17-15-11-12(3-1-9-19)5-6-14(15)16(20)18-8-7-13-4-2-10-21-13/h2,4-6,10-11,19H,7-9H2,(H,18,20). The summed E-state index contributed by atoms with van der Waals surface area (Å²) in [5.41, 5.74) is 0.424. The Morgan fingerprint density at radius 3 is 2.90 bits per heavy atom. The fourth-order valence-electron chi connectivity index (χ4n) is 1.77. The lowest BCUT2D eigenvalue weighted by Gasteiger charge is -2.05. The average molecular weight is 303 g/mol. The molecule has 108 valence electrons. The maximum atomic E-state index is 13.8. The first-order chi connectivity index (χ1) is 10.2. The highest BCUT2D eigenvalue weighted by Crippen LogP contribution is 2.11. The summed E-state index contributed by atoms with van der Waals surface area (Å²) in [5, 5.41) is 13.3. The molecule has 0 atom stereocenters. The highest BCUT2D eigenvalue weighted by Gasteiger charge is 2.11. The van der Waals surface area contributed by atoms with Crippen LogP contribution in [0.2, 0.25) is 0 Å². The lowest BCUT2D eigenvalue weighted by molar-refractivity contribution is 0.0950. The minimum atomic E-state index is -0.617. The maximum Gasteiger partial charge on any atom is 0.254 e. The molecule has 1 aromatic carbocycles. The van der Waals surface area contributed by atoms with Gasteiger partial charge in [0.25, 0.3) is 5.91 Å². The minimum Gasteiger partial charge on any atom is -0.384 e. The van der Waals surface area contributed by atoms with E-state index in [4.69, 9.17) is 5.11 Å². The second-order valence-corrected chi connectivity index (χ2v) is 5.27. The fourth-order valence-corrected chi connectivity index (χ4v) is 2.48. The Bertz CT molecular complexity index is 671. The van der Waals surface area contributed by atoms with Crippen LogP contribution in [-0.2, 0) is 6.42 Å². The van der Waals surface area contributed by atoms with Crippen molar-refractivity contribution in [1.82, 2.24) is 5.32 Å². The van der Waals surface area contributed by atoms with Gasteiger partial charge in [0.05, 0.1) is 5.56 Å². The van der Waals surface area contributed by atoms with Gasteiger partial charge in [0.1, 0.15) is 12.4 Å². The van der Waals surface area contributed by atoms with Gasteiger partial charge in [-0.25, -0.2) is 4.39 Å².